The van der Waals surface area contributed by atoms with Crippen LogP contribution in [0.25, 0.3) is 11.3 Å². The Hall–Kier alpha value is -1.72. The minimum atomic E-state index is -0.0426. The highest BCUT2D eigenvalue weighted by atomic mass is 32.1. The van der Waals surface area contributed by atoms with Crippen LogP contribution in [0.15, 0.2) is 35.2 Å². The Labute approximate surface area is 141 Å². The van der Waals surface area contributed by atoms with Gasteiger partial charge in [0.2, 0.25) is 0 Å². The maximum atomic E-state index is 12.2. The number of hydrogen-bond donors (Lipinski definition) is 1. The van der Waals surface area contributed by atoms with Crippen LogP contribution < -0.4 is 5.32 Å². The van der Waals surface area contributed by atoms with E-state index < -0.39 is 0 Å². The van der Waals surface area contributed by atoms with Gasteiger partial charge in [-0.05, 0) is 49.9 Å². The number of carbonyl (C=O) groups excluding carboxylic acids is 1. The van der Waals surface area contributed by atoms with Gasteiger partial charge in [-0.1, -0.05) is 6.42 Å². The Kier molecular flexibility index (Phi) is 5.41. The first-order chi connectivity index (χ1) is 11.2. The molecule has 1 fully saturated rings. The van der Waals surface area contributed by atoms with Gasteiger partial charge in [-0.25, -0.2) is 0 Å². The molecule has 2 aromatic heterocycles. The molecule has 3 rings (SSSR count). The molecule has 1 aliphatic heterocycles. The van der Waals surface area contributed by atoms with Crippen molar-refractivity contribution in [2.45, 2.75) is 32.2 Å². The molecule has 1 aliphatic rings. The third-order valence-corrected chi connectivity index (χ3v) is 5.15. The maximum absolute atomic E-state index is 12.2. The molecule has 0 aromatic carbocycles. The fourth-order valence-electron chi connectivity index (χ4n) is 3.01. The van der Waals surface area contributed by atoms with E-state index in [4.69, 9.17) is 0 Å². The van der Waals surface area contributed by atoms with Gasteiger partial charge in [-0.2, -0.15) is 11.3 Å². The molecule has 0 saturated carbocycles. The first-order valence-corrected chi connectivity index (χ1v) is 9.19. The van der Waals surface area contributed by atoms with Crippen molar-refractivity contribution >= 4 is 17.2 Å². The number of aromatic nitrogens is 1. The minimum absolute atomic E-state index is 0.0426. The molecule has 23 heavy (non-hydrogen) atoms. The smallest absolute Gasteiger partial charge is 0.252 e. The zero-order valence-electron chi connectivity index (χ0n) is 13.5. The first kappa shape index (κ1) is 16.1. The zero-order chi connectivity index (χ0) is 16.1. The van der Waals surface area contributed by atoms with Gasteiger partial charge in [0.15, 0.2) is 0 Å². The molecule has 4 nitrogen and oxygen atoms in total. The molecule has 1 amide bonds. The zero-order valence-corrected chi connectivity index (χ0v) is 14.3. The van der Waals surface area contributed by atoms with Crippen LogP contribution in [0.4, 0.5) is 0 Å². The van der Waals surface area contributed by atoms with Gasteiger partial charge in [-0.15, -0.1) is 0 Å². The Bertz CT molecular complexity index is 624. The number of nitrogens with one attached hydrogen (secondary N) is 1. The Morgan fingerprint density at radius 3 is 3.00 bits per heavy atom. The van der Waals surface area contributed by atoms with Crippen molar-refractivity contribution in [2.75, 3.05) is 19.6 Å². The van der Waals surface area contributed by atoms with E-state index in [2.05, 4.69) is 27.5 Å². The van der Waals surface area contributed by atoms with Crippen LogP contribution in [-0.2, 0) is 0 Å². The Morgan fingerprint density at radius 2 is 2.30 bits per heavy atom. The lowest BCUT2D eigenvalue weighted by atomic mass is 10.0. The number of hydrogen-bond acceptors (Lipinski definition) is 4. The highest BCUT2D eigenvalue weighted by Gasteiger charge is 2.17. The fraction of sp³-hybridized carbons (Fsp3) is 0.444. The van der Waals surface area contributed by atoms with Crippen molar-refractivity contribution in [3.8, 4) is 11.3 Å². The van der Waals surface area contributed by atoms with E-state index in [0.717, 1.165) is 24.3 Å². The molecule has 1 N–H and O–H groups in total. The number of amides is 1. The lowest BCUT2D eigenvalue weighted by Crippen LogP contribution is -2.42. The fourth-order valence-corrected chi connectivity index (χ4v) is 3.66. The molecule has 122 valence electrons. The molecule has 5 heteroatoms. The van der Waals surface area contributed by atoms with Crippen molar-refractivity contribution < 1.29 is 4.79 Å². The number of thiophene rings is 1. The standard InChI is InChI=1S/C18H23N3OS/c1-14-4-2-3-9-21(14)10-8-19-18(22)15-5-6-17(20-12-15)16-7-11-23-13-16/h5-7,11-14H,2-4,8-10H2,1H3,(H,19,22)/t14-/m1/s1. The molecule has 2 aromatic rings. The molecule has 0 bridgehead atoms. The van der Waals surface area contributed by atoms with E-state index in [1.165, 1.54) is 19.3 Å². The van der Waals surface area contributed by atoms with Gasteiger partial charge in [0.05, 0.1) is 11.3 Å². The van der Waals surface area contributed by atoms with Crippen LogP contribution in [0.3, 0.4) is 0 Å². The van der Waals surface area contributed by atoms with E-state index in [1.54, 1.807) is 17.5 Å². The molecule has 1 saturated heterocycles. The summed E-state index contributed by atoms with van der Waals surface area (Å²) in [6, 6.07) is 6.42. The summed E-state index contributed by atoms with van der Waals surface area (Å²) in [5, 5.41) is 7.09. The number of likely N-dealkylation sites (tertiary alicyclic amines) is 1. The molecule has 0 aliphatic carbocycles. The largest absolute Gasteiger partial charge is 0.351 e. The predicted octanol–water partition coefficient (Wildman–Crippen LogP) is 3.41. The summed E-state index contributed by atoms with van der Waals surface area (Å²) in [5.41, 5.74) is 2.63. The highest BCUT2D eigenvalue weighted by Crippen LogP contribution is 2.19. The number of nitrogens with zero attached hydrogens (tertiary/aromatic N) is 2. The van der Waals surface area contributed by atoms with E-state index in [0.29, 0.717) is 18.2 Å². The molecular formula is C18H23N3OS. The molecule has 0 unspecified atom stereocenters. The second kappa shape index (κ2) is 7.70. The summed E-state index contributed by atoms with van der Waals surface area (Å²) in [7, 11) is 0. The van der Waals surface area contributed by atoms with Crippen molar-refractivity contribution in [2.24, 2.45) is 0 Å². The van der Waals surface area contributed by atoms with E-state index in [-0.39, 0.29) is 5.91 Å². The number of pyridine rings is 1. The average Bonchev–Trinajstić information content (AvgIpc) is 3.11. The minimum Gasteiger partial charge on any atom is -0.351 e. The molecule has 3 heterocycles. The third kappa shape index (κ3) is 4.18. The number of carbonyl (C=O) groups is 1. The van der Waals surface area contributed by atoms with Gasteiger partial charge >= 0.3 is 0 Å². The highest BCUT2D eigenvalue weighted by molar-refractivity contribution is 7.08. The Morgan fingerprint density at radius 1 is 1.39 bits per heavy atom. The van der Waals surface area contributed by atoms with Crippen LogP contribution in [0.2, 0.25) is 0 Å². The van der Waals surface area contributed by atoms with Gasteiger partial charge in [0.25, 0.3) is 5.91 Å². The van der Waals surface area contributed by atoms with Crippen LogP contribution in [-0.4, -0.2) is 41.5 Å². The molecule has 1 atom stereocenters. The van der Waals surface area contributed by atoms with Crippen molar-refractivity contribution in [1.29, 1.82) is 0 Å². The Balaban J connectivity index is 1.50. The number of rotatable bonds is 5. The van der Waals surface area contributed by atoms with E-state index in [9.17, 15) is 4.79 Å². The molecule has 0 radical (unpaired) electrons. The summed E-state index contributed by atoms with van der Waals surface area (Å²) in [6.45, 7) is 5.03. The van der Waals surface area contributed by atoms with Crippen LogP contribution in [0.5, 0.6) is 0 Å². The topological polar surface area (TPSA) is 45.2 Å². The van der Waals surface area contributed by atoms with E-state index >= 15 is 0 Å². The van der Waals surface area contributed by atoms with Gasteiger partial charge in [0.1, 0.15) is 0 Å². The third-order valence-electron chi connectivity index (χ3n) is 4.47. The van der Waals surface area contributed by atoms with Crippen molar-refractivity contribution in [3.63, 3.8) is 0 Å². The normalized spacial score (nSPS) is 18.7. The lowest BCUT2D eigenvalue weighted by Gasteiger charge is -2.33. The quantitative estimate of drug-likeness (QED) is 0.914. The van der Waals surface area contributed by atoms with Gasteiger partial charge < -0.3 is 5.32 Å². The predicted molar refractivity (Wildman–Crippen MR) is 94.8 cm³/mol. The van der Waals surface area contributed by atoms with Gasteiger partial charge in [0, 0.05) is 36.3 Å². The summed E-state index contributed by atoms with van der Waals surface area (Å²) in [4.78, 5) is 19.0. The van der Waals surface area contributed by atoms with E-state index in [1.807, 2.05) is 23.6 Å². The number of piperidine rings is 1. The summed E-state index contributed by atoms with van der Waals surface area (Å²) in [5.74, 6) is -0.0426. The molecule has 0 spiro atoms. The van der Waals surface area contributed by atoms with Crippen molar-refractivity contribution in [1.82, 2.24) is 15.2 Å². The van der Waals surface area contributed by atoms with Crippen LogP contribution in [0, 0.1) is 0 Å². The summed E-state index contributed by atoms with van der Waals surface area (Å²) in [6.07, 6.45) is 5.52. The monoisotopic (exact) mass is 329 g/mol. The summed E-state index contributed by atoms with van der Waals surface area (Å²) >= 11 is 1.65. The first-order valence-electron chi connectivity index (χ1n) is 8.25. The maximum Gasteiger partial charge on any atom is 0.252 e. The second-order valence-electron chi connectivity index (χ2n) is 6.08. The SMILES string of the molecule is C[C@@H]1CCCCN1CCNC(=O)c1ccc(-c2ccsc2)nc1. The summed E-state index contributed by atoms with van der Waals surface area (Å²) < 4.78 is 0. The average molecular weight is 329 g/mol. The van der Waals surface area contributed by atoms with Crippen LogP contribution >= 0.6 is 11.3 Å². The van der Waals surface area contributed by atoms with Crippen LogP contribution in [0.1, 0.15) is 36.5 Å². The molecular weight excluding hydrogens is 306 g/mol. The second-order valence-corrected chi connectivity index (χ2v) is 6.86. The lowest BCUT2D eigenvalue weighted by molar-refractivity contribution is 0.0938. The van der Waals surface area contributed by atoms with Gasteiger partial charge in [-0.3, -0.25) is 14.7 Å². The van der Waals surface area contributed by atoms with Crippen molar-refractivity contribution in [3.05, 3.63) is 40.7 Å².